The lowest BCUT2D eigenvalue weighted by Gasteiger charge is -2.23. The van der Waals surface area contributed by atoms with Crippen LogP contribution in [0.4, 0.5) is 11.4 Å². The molecule has 0 saturated carbocycles. The number of benzene rings is 1. The fraction of sp³-hybridized carbons (Fsp3) is 0.476. The predicted molar refractivity (Wildman–Crippen MR) is 121 cm³/mol. The molecule has 0 unspecified atom stereocenters. The van der Waals surface area contributed by atoms with E-state index >= 15 is 0 Å². The number of nitro benzene ring substituents is 1. The SMILES string of the molecule is CN(C)CCCn1c2c(c(SCC(=O)Nc3ccccc3[N+](=O)[O-])nc1=O)CCCC2. The van der Waals surface area contributed by atoms with Crippen molar-refractivity contribution < 1.29 is 9.72 Å². The van der Waals surface area contributed by atoms with E-state index in [9.17, 15) is 19.7 Å². The van der Waals surface area contributed by atoms with Crippen LogP contribution in [0.3, 0.4) is 0 Å². The van der Waals surface area contributed by atoms with Crippen LogP contribution in [0.5, 0.6) is 0 Å². The molecule has 0 radical (unpaired) electrons. The number of aromatic nitrogens is 2. The van der Waals surface area contributed by atoms with E-state index < -0.39 is 4.92 Å². The molecule has 0 saturated heterocycles. The molecule has 0 bridgehead atoms. The highest BCUT2D eigenvalue weighted by molar-refractivity contribution is 8.00. The Labute approximate surface area is 185 Å². The standard InChI is InChI=1S/C21H27N5O4S/c1-24(2)12-7-13-25-17-10-5-3-8-15(17)20(23-21(25)28)31-14-19(27)22-16-9-4-6-11-18(16)26(29)30/h4,6,9,11H,3,5,7-8,10,12-14H2,1-2H3,(H,22,27). The van der Waals surface area contributed by atoms with Crippen molar-refractivity contribution in [1.29, 1.82) is 0 Å². The largest absolute Gasteiger partial charge is 0.348 e. The van der Waals surface area contributed by atoms with Gasteiger partial charge in [-0.25, -0.2) is 4.79 Å². The van der Waals surface area contributed by atoms with Crippen LogP contribution in [0.2, 0.25) is 0 Å². The zero-order valence-corrected chi connectivity index (χ0v) is 18.6. The molecule has 1 aliphatic rings. The van der Waals surface area contributed by atoms with Gasteiger partial charge in [-0.05, 0) is 58.8 Å². The number of nitro groups is 1. The zero-order chi connectivity index (χ0) is 22.4. The third-order valence-electron chi connectivity index (χ3n) is 5.15. The maximum atomic E-state index is 12.7. The molecule has 166 valence electrons. The lowest BCUT2D eigenvalue weighted by atomic mass is 9.97. The van der Waals surface area contributed by atoms with Gasteiger partial charge >= 0.3 is 5.69 Å². The first-order chi connectivity index (χ1) is 14.9. The van der Waals surface area contributed by atoms with Gasteiger partial charge in [0.1, 0.15) is 10.7 Å². The Morgan fingerprint density at radius 2 is 2.03 bits per heavy atom. The zero-order valence-electron chi connectivity index (χ0n) is 17.8. The molecule has 1 aromatic carbocycles. The van der Waals surface area contributed by atoms with Gasteiger partial charge in [-0.2, -0.15) is 4.98 Å². The third-order valence-corrected chi connectivity index (χ3v) is 6.17. The Morgan fingerprint density at radius 3 is 2.77 bits per heavy atom. The number of thioether (sulfide) groups is 1. The van der Waals surface area contributed by atoms with Crippen molar-refractivity contribution in [3.05, 3.63) is 56.1 Å². The number of fused-ring (bicyclic) bond motifs is 1. The second kappa shape index (κ2) is 10.5. The fourth-order valence-electron chi connectivity index (χ4n) is 3.70. The number of nitrogens with one attached hydrogen (secondary N) is 1. The summed E-state index contributed by atoms with van der Waals surface area (Å²) in [6.07, 6.45) is 4.61. The van der Waals surface area contributed by atoms with E-state index in [4.69, 9.17) is 0 Å². The van der Waals surface area contributed by atoms with E-state index in [-0.39, 0.29) is 28.7 Å². The van der Waals surface area contributed by atoms with Gasteiger partial charge in [-0.1, -0.05) is 23.9 Å². The van der Waals surface area contributed by atoms with Crippen LogP contribution >= 0.6 is 11.8 Å². The molecule has 10 heteroatoms. The fourth-order valence-corrected chi connectivity index (χ4v) is 4.58. The topological polar surface area (TPSA) is 110 Å². The monoisotopic (exact) mass is 445 g/mol. The van der Waals surface area contributed by atoms with Gasteiger partial charge in [0.15, 0.2) is 0 Å². The Morgan fingerprint density at radius 1 is 1.29 bits per heavy atom. The van der Waals surface area contributed by atoms with Gasteiger partial charge in [0.25, 0.3) is 5.69 Å². The average Bonchev–Trinajstić information content (AvgIpc) is 2.74. The molecule has 0 spiro atoms. The first kappa shape index (κ1) is 23.0. The van der Waals surface area contributed by atoms with Crippen LogP contribution < -0.4 is 11.0 Å². The molecular weight excluding hydrogens is 418 g/mol. The van der Waals surface area contributed by atoms with Crippen LogP contribution in [-0.4, -0.2) is 51.7 Å². The van der Waals surface area contributed by atoms with Gasteiger partial charge in [-0.15, -0.1) is 0 Å². The van der Waals surface area contributed by atoms with Crippen molar-refractivity contribution in [3.8, 4) is 0 Å². The number of para-hydroxylation sites is 2. The predicted octanol–water partition coefficient (Wildman–Crippen LogP) is 2.71. The summed E-state index contributed by atoms with van der Waals surface area (Å²) >= 11 is 1.21. The first-order valence-electron chi connectivity index (χ1n) is 10.3. The Hall–Kier alpha value is -2.72. The van der Waals surface area contributed by atoms with E-state index in [0.717, 1.165) is 49.9 Å². The minimum Gasteiger partial charge on any atom is -0.320 e. The van der Waals surface area contributed by atoms with E-state index in [2.05, 4.69) is 15.2 Å². The summed E-state index contributed by atoms with van der Waals surface area (Å²) < 4.78 is 1.79. The summed E-state index contributed by atoms with van der Waals surface area (Å²) in [6.45, 7) is 1.53. The minimum absolute atomic E-state index is 0.0234. The Bertz CT molecular complexity index is 1020. The van der Waals surface area contributed by atoms with Gasteiger partial charge in [-0.3, -0.25) is 19.5 Å². The number of hydrogen-bond donors (Lipinski definition) is 1. The molecule has 31 heavy (non-hydrogen) atoms. The second-order valence-corrected chi connectivity index (χ2v) is 8.72. The van der Waals surface area contributed by atoms with Crippen molar-refractivity contribution in [2.75, 3.05) is 31.7 Å². The van der Waals surface area contributed by atoms with E-state index in [0.29, 0.717) is 11.6 Å². The molecule has 0 aliphatic heterocycles. The maximum Gasteiger partial charge on any atom is 0.348 e. The second-order valence-electron chi connectivity index (χ2n) is 7.75. The molecule has 1 aromatic heterocycles. The summed E-state index contributed by atoms with van der Waals surface area (Å²) in [5.74, 6) is -0.351. The highest BCUT2D eigenvalue weighted by Crippen LogP contribution is 2.29. The smallest absolute Gasteiger partial charge is 0.320 e. The van der Waals surface area contributed by atoms with Crippen molar-refractivity contribution in [2.24, 2.45) is 0 Å². The molecule has 0 fully saturated rings. The Balaban J connectivity index is 1.73. The quantitative estimate of drug-likeness (QED) is 0.273. The number of nitrogens with zero attached hydrogens (tertiary/aromatic N) is 4. The van der Waals surface area contributed by atoms with Gasteiger partial charge in [0.2, 0.25) is 5.91 Å². The number of hydrogen-bond acceptors (Lipinski definition) is 7. The van der Waals surface area contributed by atoms with Crippen LogP contribution in [0.25, 0.3) is 0 Å². The molecule has 1 N–H and O–H groups in total. The maximum absolute atomic E-state index is 12.7. The van der Waals surface area contributed by atoms with Gasteiger partial charge in [0.05, 0.1) is 10.7 Å². The molecular formula is C21H27N5O4S. The molecule has 1 heterocycles. The molecule has 0 atom stereocenters. The summed E-state index contributed by atoms with van der Waals surface area (Å²) in [7, 11) is 4.01. The summed E-state index contributed by atoms with van der Waals surface area (Å²) in [4.78, 5) is 42.1. The Kier molecular flexibility index (Phi) is 7.80. The molecule has 1 amide bonds. The average molecular weight is 446 g/mol. The number of anilines is 1. The van der Waals surface area contributed by atoms with Gasteiger partial charge < -0.3 is 10.2 Å². The molecule has 9 nitrogen and oxygen atoms in total. The van der Waals surface area contributed by atoms with E-state index in [1.54, 1.807) is 16.7 Å². The van der Waals surface area contributed by atoms with Crippen LogP contribution in [0.15, 0.2) is 34.1 Å². The summed E-state index contributed by atoms with van der Waals surface area (Å²) in [6, 6.07) is 6.02. The molecule has 1 aliphatic carbocycles. The van der Waals surface area contributed by atoms with Crippen molar-refractivity contribution in [3.63, 3.8) is 0 Å². The number of rotatable bonds is 9. The van der Waals surface area contributed by atoms with Crippen molar-refractivity contribution in [2.45, 2.75) is 43.7 Å². The first-order valence-corrected chi connectivity index (χ1v) is 11.3. The van der Waals surface area contributed by atoms with Crippen LogP contribution in [-0.2, 0) is 24.2 Å². The van der Waals surface area contributed by atoms with E-state index in [1.165, 1.54) is 23.9 Å². The van der Waals surface area contributed by atoms with Crippen molar-refractivity contribution >= 4 is 29.0 Å². The normalized spacial score (nSPS) is 13.1. The highest BCUT2D eigenvalue weighted by Gasteiger charge is 2.21. The third kappa shape index (κ3) is 5.92. The van der Waals surface area contributed by atoms with Crippen LogP contribution in [0, 0.1) is 10.1 Å². The summed E-state index contributed by atoms with van der Waals surface area (Å²) in [5.41, 5.74) is 1.81. The lowest BCUT2D eigenvalue weighted by Crippen LogP contribution is -2.31. The molecule has 3 rings (SSSR count). The van der Waals surface area contributed by atoms with Gasteiger partial charge in [0, 0.05) is 23.9 Å². The van der Waals surface area contributed by atoms with Crippen molar-refractivity contribution in [1.82, 2.24) is 14.5 Å². The van der Waals surface area contributed by atoms with E-state index in [1.807, 2.05) is 14.1 Å². The molecule has 2 aromatic rings. The number of amides is 1. The highest BCUT2D eigenvalue weighted by atomic mass is 32.2. The summed E-state index contributed by atoms with van der Waals surface area (Å²) in [5, 5.41) is 14.3. The van der Waals surface area contributed by atoms with Crippen LogP contribution in [0.1, 0.15) is 30.5 Å². The lowest BCUT2D eigenvalue weighted by molar-refractivity contribution is -0.383. The number of carbonyl (C=O) groups is 1. The minimum atomic E-state index is -0.531. The number of carbonyl (C=O) groups excluding carboxylic acids is 1.